The first-order valence-corrected chi connectivity index (χ1v) is 7.52. The van der Waals surface area contributed by atoms with Crippen LogP contribution in [0.5, 0.6) is 0 Å². The average Bonchev–Trinajstić information content (AvgIpc) is 2.43. The predicted molar refractivity (Wildman–Crippen MR) is 76.2 cm³/mol. The van der Waals surface area contributed by atoms with E-state index in [0.717, 1.165) is 12.1 Å². The van der Waals surface area contributed by atoms with Gasteiger partial charge in [-0.2, -0.15) is 4.72 Å². The minimum atomic E-state index is -4.14. The molecule has 0 fully saturated rings. The first kappa shape index (κ1) is 17.1. The van der Waals surface area contributed by atoms with Crippen molar-refractivity contribution >= 4 is 15.9 Å². The molecule has 0 aromatic heterocycles. The van der Waals surface area contributed by atoms with Crippen LogP contribution in [0.25, 0.3) is 0 Å². The second-order valence-corrected chi connectivity index (χ2v) is 5.79. The van der Waals surface area contributed by atoms with Crippen LogP contribution >= 0.6 is 0 Å². The van der Waals surface area contributed by atoms with Crippen LogP contribution in [-0.2, 0) is 14.8 Å². The van der Waals surface area contributed by atoms with Crippen LogP contribution in [0.3, 0.4) is 0 Å². The molecule has 21 heavy (non-hydrogen) atoms. The van der Waals surface area contributed by atoms with Crippen molar-refractivity contribution in [3.63, 3.8) is 0 Å². The summed E-state index contributed by atoms with van der Waals surface area (Å²) in [5.74, 6) is 3.66. The Kier molecular flexibility index (Phi) is 5.84. The molecule has 0 aliphatic rings. The van der Waals surface area contributed by atoms with Gasteiger partial charge in [0.1, 0.15) is 10.7 Å². The molecule has 0 heterocycles. The number of rotatable bonds is 4. The smallest absolute Gasteiger partial charge is 0.244 e. The highest BCUT2D eigenvalue weighted by Crippen LogP contribution is 2.16. The SMILES string of the molecule is CNC(=O)C(C)NS(=O)(=O)c1ccc(C#CCN)cc1F. The van der Waals surface area contributed by atoms with Crippen molar-refractivity contribution in [3.8, 4) is 11.8 Å². The second-order valence-electron chi connectivity index (χ2n) is 4.11. The standard InChI is InChI=1S/C13H16FN3O3S/c1-9(13(18)16-2)17-21(19,20)12-6-5-10(4-3-7-15)8-11(12)14/h5-6,8-9,17H,7,15H2,1-2H3,(H,16,18). The molecule has 1 rings (SSSR count). The van der Waals surface area contributed by atoms with E-state index in [1.165, 1.54) is 20.0 Å². The molecule has 6 nitrogen and oxygen atoms in total. The molecule has 1 atom stereocenters. The molecule has 0 aliphatic carbocycles. The summed E-state index contributed by atoms with van der Waals surface area (Å²) in [5, 5.41) is 2.30. The number of amides is 1. The Hall–Kier alpha value is -1.95. The first-order valence-electron chi connectivity index (χ1n) is 6.04. The third kappa shape index (κ3) is 4.53. The van der Waals surface area contributed by atoms with E-state index in [9.17, 15) is 17.6 Å². The number of nitrogens with two attached hydrogens (primary N) is 1. The molecule has 1 aromatic rings. The van der Waals surface area contributed by atoms with Gasteiger partial charge in [0.2, 0.25) is 15.9 Å². The third-order valence-corrected chi connectivity index (χ3v) is 4.10. The molecule has 0 radical (unpaired) electrons. The summed E-state index contributed by atoms with van der Waals surface area (Å²) < 4.78 is 40.0. The van der Waals surface area contributed by atoms with Crippen molar-refractivity contribution < 1.29 is 17.6 Å². The fraction of sp³-hybridized carbons (Fsp3) is 0.308. The largest absolute Gasteiger partial charge is 0.358 e. The number of hydrogen-bond donors (Lipinski definition) is 3. The van der Waals surface area contributed by atoms with Crippen molar-refractivity contribution in [2.45, 2.75) is 17.9 Å². The highest BCUT2D eigenvalue weighted by atomic mass is 32.2. The van der Waals surface area contributed by atoms with Crippen LogP contribution in [-0.4, -0.2) is 34.0 Å². The quantitative estimate of drug-likeness (QED) is 0.655. The molecular weight excluding hydrogens is 297 g/mol. The van der Waals surface area contributed by atoms with Crippen LogP contribution < -0.4 is 15.8 Å². The average molecular weight is 313 g/mol. The lowest BCUT2D eigenvalue weighted by atomic mass is 10.2. The van der Waals surface area contributed by atoms with Gasteiger partial charge >= 0.3 is 0 Å². The molecule has 0 aliphatic heterocycles. The number of carbonyl (C=O) groups is 1. The molecule has 0 saturated carbocycles. The number of likely N-dealkylation sites (N-methyl/N-ethyl adjacent to an activating group) is 1. The Balaban J connectivity index is 3.07. The molecule has 1 amide bonds. The summed E-state index contributed by atoms with van der Waals surface area (Å²) in [6, 6.07) is 2.44. The van der Waals surface area contributed by atoms with E-state index in [4.69, 9.17) is 5.73 Å². The van der Waals surface area contributed by atoms with Crippen molar-refractivity contribution in [2.24, 2.45) is 5.73 Å². The van der Waals surface area contributed by atoms with Gasteiger partial charge in [-0.05, 0) is 25.1 Å². The van der Waals surface area contributed by atoms with E-state index < -0.39 is 32.7 Å². The lowest BCUT2D eigenvalue weighted by molar-refractivity contribution is -0.121. The van der Waals surface area contributed by atoms with E-state index in [1.54, 1.807) is 0 Å². The van der Waals surface area contributed by atoms with Crippen molar-refractivity contribution in [3.05, 3.63) is 29.6 Å². The van der Waals surface area contributed by atoms with Crippen LogP contribution in [0.4, 0.5) is 4.39 Å². The monoisotopic (exact) mass is 313 g/mol. The first-order chi connectivity index (χ1) is 9.81. The van der Waals surface area contributed by atoms with E-state index >= 15 is 0 Å². The molecule has 8 heteroatoms. The molecule has 1 unspecified atom stereocenters. The lowest BCUT2D eigenvalue weighted by Gasteiger charge is -2.13. The number of halogens is 1. The van der Waals surface area contributed by atoms with Crippen molar-refractivity contribution in [1.82, 2.24) is 10.0 Å². The van der Waals surface area contributed by atoms with Gasteiger partial charge in [0.15, 0.2) is 0 Å². The number of carbonyl (C=O) groups excluding carboxylic acids is 1. The predicted octanol–water partition coefficient (Wildman–Crippen LogP) is -0.451. The zero-order chi connectivity index (χ0) is 16.0. The zero-order valence-corrected chi connectivity index (χ0v) is 12.4. The fourth-order valence-corrected chi connectivity index (χ4v) is 2.78. The van der Waals surface area contributed by atoms with Crippen LogP contribution in [0.1, 0.15) is 12.5 Å². The van der Waals surface area contributed by atoms with Gasteiger partial charge in [0.25, 0.3) is 0 Å². The van der Waals surface area contributed by atoms with Gasteiger partial charge in [0.05, 0.1) is 12.6 Å². The van der Waals surface area contributed by atoms with Gasteiger partial charge in [-0.3, -0.25) is 4.79 Å². The van der Waals surface area contributed by atoms with E-state index in [2.05, 4.69) is 21.9 Å². The van der Waals surface area contributed by atoms with Gasteiger partial charge in [0, 0.05) is 12.6 Å². The number of nitrogens with one attached hydrogen (secondary N) is 2. The molecule has 1 aromatic carbocycles. The van der Waals surface area contributed by atoms with Gasteiger partial charge in [-0.15, -0.1) is 0 Å². The minimum Gasteiger partial charge on any atom is -0.358 e. The Bertz CT molecular complexity index is 692. The van der Waals surface area contributed by atoms with Crippen molar-refractivity contribution in [2.75, 3.05) is 13.6 Å². The number of hydrogen-bond acceptors (Lipinski definition) is 4. The van der Waals surface area contributed by atoms with Crippen LogP contribution in [0, 0.1) is 17.7 Å². The minimum absolute atomic E-state index is 0.118. The lowest BCUT2D eigenvalue weighted by Crippen LogP contribution is -2.43. The second kappa shape index (κ2) is 7.17. The Morgan fingerprint density at radius 2 is 2.14 bits per heavy atom. The van der Waals surface area contributed by atoms with Gasteiger partial charge in [-0.25, -0.2) is 12.8 Å². The maximum atomic E-state index is 13.9. The Morgan fingerprint density at radius 3 is 2.67 bits per heavy atom. The summed E-state index contributed by atoms with van der Waals surface area (Å²) in [6.45, 7) is 1.47. The normalized spacial score (nSPS) is 12.2. The summed E-state index contributed by atoms with van der Waals surface area (Å²) in [5.41, 5.74) is 5.51. The zero-order valence-electron chi connectivity index (χ0n) is 11.6. The maximum Gasteiger partial charge on any atom is 0.244 e. The summed E-state index contributed by atoms with van der Waals surface area (Å²) in [4.78, 5) is 10.8. The highest BCUT2D eigenvalue weighted by molar-refractivity contribution is 7.89. The molecular formula is C13H16FN3O3S. The van der Waals surface area contributed by atoms with E-state index in [0.29, 0.717) is 5.56 Å². The molecule has 0 spiro atoms. The molecule has 0 saturated heterocycles. The maximum absolute atomic E-state index is 13.9. The van der Waals surface area contributed by atoms with Crippen LogP contribution in [0.15, 0.2) is 23.1 Å². The van der Waals surface area contributed by atoms with Crippen LogP contribution in [0.2, 0.25) is 0 Å². The van der Waals surface area contributed by atoms with Gasteiger partial charge in [-0.1, -0.05) is 11.8 Å². The van der Waals surface area contributed by atoms with E-state index in [-0.39, 0.29) is 6.54 Å². The fourth-order valence-electron chi connectivity index (χ4n) is 1.52. The number of benzene rings is 1. The summed E-state index contributed by atoms with van der Waals surface area (Å²) in [6.07, 6.45) is 0. The third-order valence-electron chi connectivity index (χ3n) is 2.53. The van der Waals surface area contributed by atoms with Crippen molar-refractivity contribution in [1.29, 1.82) is 0 Å². The molecule has 114 valence electrons. The van der Waals surface area contributed by atoms with Gasteiger partial charge < -0.3 is 11.1 Å². The summed E-state index contributed by atoms with van der Waals surface area (Å²) in [7, 11) is -2.77. The Morgan fingerprint density at radius 1 is 1.48 bits per heavy atom. The highest BCUT2D eigenvalue weighted by Gasteiger charge is 2.24. The Labute approximate surface area is 123 Å². The summed E-state index contributed by atoms with van der Waals surface area (Å²) >= 11 is 0. The molecule has 0 bridgehead atoms. The number of sulfonamides is 1. The molecule has 4 N–H and O–H groups in total. The topological polar surface area (TPSA) is 101 Å². The van der Waals surface area contributed by atoms with E-state index in [1.807, 2.05) is 0 Å².